The van der Waals surface area contributed by atoms with Crippen LogP contribution in [0.2, 0.25) is 5.02 Å². The maximum Gasteiger partial charge on any atom is 0.234 e. The fraction of sp³-hybridized carbons (Fsp3) is 0.438. The highest BCUT2D eigenvalue weighted by Gasteiger charge is 2.32. The van der Waals surface area contributed by atoms with Gasteiger partial charge < -0.3 is 4.74 Å². The van der Waals surface area contributed by atoms with E-state index < -0.39 is 5.82 Å². The number of halogens is 2. The van der Waals surface area contributed by atoms with E-state index in [4.69, 9.17) is 16.3 Å². The maximum absolute atomic E-state index is 14.1. The van der Waals surface area contributed by atoms with Crippen LogP contribution in [0.1, 0.15) is 37.6 Å². The van der Waals surface area contributed by atoms with Gasteiger partial charge in [0.05, 0.1) is 11.2 Å². The van der Waals surface area contributed by atoms with Crippen LogP contribution in [0.5, 0.6) is 0 Å². The van der Waals surface area contributed by atoms with E-state index in [0.717, 1.165) is 17.8 Å². The van der Waals surface area contributed by atoms with Crippen LogP contribution in [0.3, 0.4) is 0 Å². The third-order valence-electron chi connectivity index (χ3n) is 4.22. The van der Waals surface area contributed by atoms with E-state index in [9.17, 15) is 4.39 Å². The molecular weight excluding hydrogens is 351 g/mol. The van der Waals surface area contributed by atoms with Crippen molar-refractivity contribution in [3.05, 3.63) is 34.0 Å². The van der Waals surface area contributed by atoms with Gasteiger partial charge in [-0.15, -0.1) is 10.2 Å². The lowest BCUT2D eigenvalue weighted by molar-refractivity contribution is -0.0593. The van der Waals surface area contributed by atoms with Gasteiger partial charge in [0.1, 0.15) is 10.8 Å². The van der Waals surface area contributed by atoms with Gasteiger partial charge in [0, 0.05) is 17.5 Å². The molecular formula is C16H16ClFN4OS. The zero-order valence-electron chi connectivity index (χ0n) is 13.3. The minimum absolute atomic E-state index is 0.156. The summed E-state index contributed by atoms with van der Waals surface area (Å²) in [6, 6.07) is 4.38. The molecule has 24 heavy (non-hydrogen) atoms. The summed E-state index contributed by atoms with van der Waals surface area (Å²) in [5, 5.41) is 14.3. The molecule has 0 aliphatic carbocycles. The second kappa shape index (κ2) is 5.75. The monoisotopic (exact) mass is 366 g/mol. The minimum atomic E-state index is -0.393. The van der Waals surface area contributed by atoms with Crippen molar-refractivity contribution >= 4 is 27.9 Å². The van der Waals surface area contributed by atoms with E-state index in [2.05, 4.69) is 29.1 Å². The molecule has 1 aliphatic rings. The van der Waals surface area contributed by atoms with Gasteiger partial charge in [0.25, 0.3) is 0 Å². The zero-order valence-corrected chi connectivity index (χ0v) is 14.9. The average Bonchev–Trinajstić information content (AvgIpc) is 3.09. The molecule has 1 aliphatic heterocycles. The Hall–Kier alpha value is -1.57. The van der Waals surface area contributed by atoms with E-state index in [0.29, 0.717) is 33.9 Å². The van der Waals surface area contributed by atoms with Crippen LogP contribution in [0.15, 0.2) is 18.2 Å². The molecule has 0 bridgehead atoms. The molecule has 0 spiro atoms. The third kappa shape index (κ3) is 2.81. The highest BCUT2D eigenvalue weighted by Crippen LogP contribution is 2.38. The molecule has 0 N–H and O–H groups in total. The Morgan fingerprint density at radius 1 is 1.38 bits per heavy atom. The number of rotatable bonds is 2. The van der Waals surface area contributed by atoms with E-state index >= 15 is 0 Å². The second-order valence-electron chi connectivity index (χ2n) is 6.58. The van der Waals surface area contributed by atoms with Gasteiger partial charge in [-0.25, -0.2) is 4.39 Å². The molecule has 3 heterocycles. The lowest BCUT2D eigenvalue weighted by Gasteiger charge is -2.34. The first-order chi connectivity index (χ1) is 11.4. The van der Waals surface area contributed by atoms with Crippen molar-refractivity contribution in [2.45, 2.75) is 38.2 Å². The van der Waals surface area contributed by atoms with Gasteiger partial charge in [-0.05, 0) is 44.9 Å². The van der Waals surface area contributed by atoms with E-state index in [1.807, 2.05) is 0 Å². The number of nitrogens with zero attached hydrogens (tertiary/aromatic N) is 4. The van der Waals surface area contributed by atoms with Crippen LogP contribution in [0, 0.1) is 5.82 Å². The molecule has 2 aromatic heterocycles. The van der Waals surface area contributed by atoms with Gasteiger partial charge in [0.2, 0.25) is 4.96 Å². The van der Waals surface area contributed by atoms with Crippen molar-refractivity contribution in [2.24, 2.45) is 0 Å². The van der Waals surface area contributed by atoms with E-state index in [1.54, 1.807) is 10.6 Å². The normalized spacial score (nSPS) is 20.6. The molecule has 1 aromatic carbocycles. The van der Waals surface area contributed by atoms with Crippen molar-refractivity contribution in [3.8, 4) is 11.4 Å². The Morgan fingerprint density at radius 3 is 3.00 bits per heavy atom. The van der Waals surface area contributed by atoms with Crippen molar-refractivity contribution < 1.29 is 9.13 Å². The lowest BCUT2D eigenvalue weighted by atomic mass is 9.89. The molecule has 3 aromatic rings. The Bertz CT molecular complexity index is 907. The molecule has 0 amide bonds. The van der Waals surface area contributed by atoms with Crippen LogP contribution >= 0.6 is 22.9 Å². The molecule has 0 saturated carbocycles. The lowest BCUT2D eigenvalue weighted by Crippen LogP contribution is -2.33. The van der Waals surface area contributed by atoms with Crippen LogP contribution < -0.4 is 0 Å². The minimum Gasteiger partial charge on any atom is -0.376 e. The number of hydrogen-bond acceptors (Lipinski definition) is 5. The van der Waals surface area contributed by atoms with Gasteiger partial charge in [-0.1, -0.05) is 22.9 Å². The first-order valence-electron chi connectivity index (χ1n) is 7.74. The van der Waals surface area contributed by atoms with Gasteiger partial charge in [-0.2, -0.15) is 9.61 Å². The topological polar surface area (TPSA) is 52.3 Å². The highest BCUT2D eigenvalue weighted by atomic mass is 35.5. The molecule has 1 unspecified atom stereocenters. The standard InChI is InChI=1S/C16H16ClFN4OS/c1-16(2)8-9(5-6-23-16)14-21-22-13(19-20-15(22)24-14)11-7-10(17)3-4-12(11)18/h3-4,7,9H,5-6,8H2,1-2H3. The van der Waals surface area contributed by atoms with Crippen LogP contribution in [-0.4, -0.2) is 32.0 Å². The van der Waals surface area contributed by atoms with Gasteiger partial charge in [0.15, 0.2) is 5.82 Å². The summed E-state index contributed by atoms with van der Waals surface area (Å²) in [6.07, 6.45) is 1.83. The van der Waals surface area contributed by atoms with Crippen LogP contribution in [0.25, 0.3) is 16.3 Å². The summed E-state index contributed by atoms with van der Waals surface area (Å²) in [7, 11) is 0. The van der Waals surface area contributed by atoms with Crippen molar-refractivity contribution in [3.63, 3.8) is 0 Å². The largest absolute Gasteiger partial charge is 0.376 e. The molecule has 8 heteroatoms. The first kappa shape index (κ1) is 15.9. The van der Waals surface area contributed by atoms with Crippen molar-refractivity contribution in [1.82, 2.24) is 19.8 Å². The zero-order chi connectivity index (χ0) is 16.9. The fourth-order valence-electron chi connectivity index (χ4n) is 3.08. The molecule has 126 valence electrons. The average molecular weight is 367 g/mol. The summed E-state index contributed by atoms with van der Waals surface area (Å²) in [6.45, 7) is 4.89. The quantitative estimate of drug-likeness (QED) is 0.677. The van der Waals surface area contributed by atoms with E-state index in [-0.39, 0.29) is 5.60 Å². The maximum atomic E-state index is 14.1. The molecule has 1 atom stereocenters. The first-order valence-corrected chi connectivity index (χ1v) is 8.94. The molecule has 1 fully saturated rings. The second-order valence-corrected chi connectivity index (χ2v) is 8.00. The van der Waals surface area contributed by atoms with Crippen molar-refractivity contribution in [1.29, 1.82) is 0 Å². The number of benzene rings is 1. The number of ether oxygens (including phenoxy) is 1. The Kier molecular flexibility index (Phi) is 3.82. The summed E-state index contributed by atoms with van der Waals surface area (Å²) in [5.41, 5.74) is 0.149. The van der Waals surface area contributed by atoms with Crippen LogP contribution in [-0.2, 0) is 4.74 Å². The summed E-state index contributed by atoms with van der Waals surface area (Å²) in [5.74, 6) is 0.298. The Balaban J connectivity index is 1.75. The smallest absolute Gasteiger partial charge is 0.234 e. The summed E-state index contributed by atoms with van der Waals surface area (Å²) in [4.78, 5) is 0.656. The third-order valence-corrected chi connectivity index (χ3v) is 5.52. The Morgan fingerprint density at radius 2 is 2.21 bits per heavy atom. The highest BCUT2D eigenvalue weighted by molar-refractivity contribution is 7.16. The van der Waals surface area contributed by atoms with Crippen molar-refractivity contribution in [2.75, 3.05) is 6.61 Å². The van der Waals surface area contributed by atoms with Gasteiger partial charge in [-0.3, -0.25) is 0 Å². The molecule has 1 saturated heterocycles. The molecule has 0 radical (unpaired) electrons. The number of aromatic nitrogens is 4. The molecule has 4 rings (SSSR count). The summed E-state index contributed by atoms with van der Waals surface area (Å²) >= 11 is 7.48. The predicted octanol–water partition coefficient (Wildman–Crippen LogP) is 4.32. The van der Waals surface area contributed by atoms with E-state index in [1.165, 1.54) is 23.5 Å². The molecule has 5 nitrogen and oxygen atoms in total. The Labute approximate surface area is 147 Å². The number of hydrogen-bond donors (Lipinski definition) is 0. The van der Waals surface area contributed by atoms with Crippen LogP contribution in [0.4, 0.5) is 4.39 Å². The van der Waals surface area contributed by atoms with Gasteiger partial charge >= 0.3 is 0 Å². The number of fused-ring (bicyclic) bond motifs is 1. The SMILES string of the molecule is CC1(C)CC(c2nn3c(-c4cc(Cl)ccc4F)nnc3s2)CCO1. The summed E-state index contributed by atoms with van der Waals surface area (Å²) < 4.78 is 21.5. The fourth-order valence-corrected chi connectivity index (χ4v) is 4.22. The predicted molar refractivity (Wildman–Crippen MR) is 91.1 cm³/mol.